The molecule has 0 atom stereocenters. The maximum absolute atomic E-state index is 12.5. The molecule has 0 spiro atoms. The summed E-state index contributed by atoms with van der Waals surface area (Å²) in [6.07, 6.45) is 5.68. The third-order valence-corrected chi connectivity index (χ3v) is 6.88. The van der Waals surface area contributed by atoms with Gasteiger partial charge in [0.25, 0.3) is 5.91 Å². The van der Waals surface area contributed by atoms with Crippen LogP contribution >= 0.6 is 15.9 Å². The Morgan fingerprint density at radius 1 is 1.10 bits per heavy atom. The number of esters is 1. The average Bonchev–Trinajstić information content (AvgIpc) is 2.82. The van der Waals surface area contributed by atoms with Crippen LogP contribution in [-0.2, 0) is 14.3 Å². The fourth-order valence-corrected chi connectivity index (χ4v) is 4.92. The van der Waals surface area contributed by atoms with Crippen LogP contribution in [0.5, 0.6) is 11.5 Å². The molecule has 9 heteroatoms. The Bertz CT molecular complexity index is 750. The molecular weight excluding hydrogens is 468 g/mol. The average molecular weight is 499 g/mol. The van der Waals surface area contributed by atoms with Crippen molar-refractivity contribution < 1.29 is 28.5 Å². The Morgan fingerprint density at radius 3 is 2.29 bits per heavy atom. The molecule has 1 N–H and O–H groups in total. The van der Waals surface area contributed by atoms with Crippen molar-refractivity contribution in [1.82, 2.24) is 10.2 Å². The van der Waals surface area contributed by atoms with Crippen LogP contribution in [-0.4, -0.2) is 76.0 Å². The molecule has 2 aliphatic rings. The van der Waals surface area contributed by atoms with E-state index in [2.05, 4.69) is 26.1 Å². The van der Waals surface area contributed by atoms with Crippen molar-refractivity contribution in [2.75, 3.05) is 53.7 Å². The van der Waals surface area contributed by atoms with Gasteiger partial charge in [0.15, 0.2) is 6.61 Å². The quantitative estimate of drug-likeness (QED) is 0.551. The molecule has 1 aromatic carbocycles. The van der Waals surface area contributed by atoms with E-state index in [1.54, 1.807) is 12.1 Å². The number of nitrogens with zero attached hydrogens (tertiary/aromatic N) is 1. The van der Waals surface area contributed by atoms with Gasteiger partial charge in [-0.3, -0.25) is 9.69 Å². The van der Waals surface area contributed by atoms with E-state index < -0.39 is 5.97 Å². The maximum Gasteiger partial charge on any atom is 0.338 e. The second-order valence-electron chi connectivity index (χ2n) is 7.93. The lowest BCUT2D eigenvalue weighted by Crippen LogP contribution is -2.59. The number of carbonyl (C=O) groups is 2. The van der Waals surface area contributed by atoms with E-state index in [1.807, 2.05) is 0 Å². The molecule has 3 rings (SSSR count). The zero-order valence-corrected chi connectivity index (χ0v) is 19.8. The number of rotatable bonds is 8. The molecule has 1 aliphatic heterocycles. The molecule has 0 radical (unpaired) electrons. The first-order valence-electron chi connectivity index (χ1n) is 10.7. The van der Waals surface area contributed by atoms with Crippen LogP contribution in [0, 0.1) is 0 Å². The van der Waals surface area contributed by atoms with Crippen LogP contribution in [0.3, 0.4) is 0 Å². The molecule has 2 fully saturated rings. The van der Waals surface area contributed by atoms with Gasteiger partial charge in [0.1, 0.15) is 16.0 Å². The first-order valence-corrected chi connectivity index (χ1v) is 11.5. The Labute approximate surface area is 191 Å². The van der Waals surface area contributed by atoms with Crippen LogP contribution in [0.2, 0.25) is 0 Å². The molecule has 1 amide bonds. The van der Waals surface area contributed by atoms with E-state index in [9.17, 15) is 9.59 Å². The van der Waals surface area contributed by atoms with Crippen molar-refractivity contribution in [3.05, 3.63) is 22.2 Å². The number of amides is 1. The van der Waals surface area contributed by atoms with Gasteiger partial charge in [-0.05, 0) is 40.9 Å². The van der Waals surface area contributed by atoms with Crippen molar-refractivity contribution in [3.8, 4) is 11.5 Å². The fourth-order valence-electron chi connectivity index (χ4n) is 4.37. The number of ether oxygens (including phenoxy) is 4. The number of methoxy groups -OCH3 is 2. The Kier molecular flexibility index (Phi) is 8.57. The number of hydrogen-bond donors (Lipinski definition) is 1. The molecule has 1 aromatic rings. The molecule has 0 unspecified atom stereocenters. The van der Waals surface area contributed by atoms with Gasteiger partial charge in [0.05, 0.1) is 33.0 Å². The molecule has 0 aromatic heterocycles. The van der Waals surface area contributed by atoms with Gasteiger partial charge in [0.2, 0.25) is 0 Å². The van der Waals surface area contributed by atoms with Crippen molar-refractivity contribution in [2.24, 2.45) is 0 Å². The summed E-state index contributed by atoms with van der Waals surface area (Å²) in [5.41, 5.74) is 0.218. The number of hydrogen-bond acceptors (Lipinski definition) is 7. The summed E-state index contributed by atoms with van der Waals surface area (Å²) < 4.78 is 21.8. The van der Waals surface area contributed by atoms with Crippen LogP contribution in [0.1, 0.15) is 42.5 Å². The molecule has 0 bridgehead atoms. The second kappa shape index (κ2) is 11.2. The maximum atomic E-state index is 12.5. The standard InChI is InChI=1S/C22H31BrN2O6/c1-28-17-12-16(13-18(29-2)20(17)23)21(27)31-14-19(26)24-15-22(6-4-3-5-7-22)25-8-10-30-11-9-25/h12-13H,3-11,14-15H2,1-2H3,(H,24,26). The molecule has 8 nitrogen and oxygen atoms in total. The number of nitrogens with one attached hydrogen (secondary N) is 1. The SMILES string of the molecule is COc1cc(C(=O)OCC(=O)NCC2(N3CCOCC3)CCCCC2)cc(OC)c1Br. The first-order chi connectivity index (χ1) is 15.0. The summed E-state index contributed by atoms with van der Waals surface area (Å²) in [6, 6.07) is 3.09. The first kappa shape index (κ1) is 23.8. The number of benzene rings is 1. The molecule has 172 valence electrons. The van der Waals surface area contributed by atoms with Gasteiger partial charge in [-0.2, -0.15) is 0 Å². The summed E-state index contributed by atoms with van der Waals surface area (Å²) in [6.45, 7) is 3.46. The highest BCUT2D eigenvalue weighted by Gasteiger charge is 2.38. The lowest BCUT2D eigenvalue weighted by Gasteiger charge is -2.48. The smallest absolute Gasteiger partial charge is 0.338 e. The third kappa shape index (κ3) is 5.90. The van der Waals surface area contributed by atoms with Gasteiger partial charge in [-0.25, -0.2) is 4.79 Å². The van der Waals surface area contributed by atoms with Crippen LogP contribution in [0.4, 0.5) is 0 Å². The minimum atomic E-state index is -0.611. The zero-order chi connectivity index (χ0) is 22.3. The zero-order valence-electron chi connectivity index (χ0n) is 18.2. The topological polar surface area (TPSA) is 86.3 Å². The highest BCUT2D eigenvalue weighted by atomic mass is 79.9. The predicted molar refractivity (Wildman–Crippen MR) is 119 cm³/mol. The Balaban J connectivity index is 1.56. The van der Waals surface area contributed by atoms with Gasteiger partial charge < -0.3 is 24.3 Å². The van der Waals surface area contributed by atoms with E-state index in [0.717, 1.165) is 52.0 Å². The van der Waals surface area contributed by atoms with E-state index in [1.165, 1.54) is 20.6 Å². The summed E-state index contributed by atoms with van der Waals surface area (Å²) in [7, 11) is 3.00. The van der Waals surface area contributed by atoms with E-state index in [4.69, 9.17) is 18.9 Å². The summed E-state index contributed by atoms with van der Waals surface area (Å²) in [4.78, 5) is 27.4. The lowest BCUT2D eigenvalue weighted by molar-refractivity contribution is -0.125. The lowest BCUT2D eigenvalue weighted by atomic mass is 9.79. The Hall–Kier alpha value is -1.84. The van der Waals surface area contributed by atoms with E-state index >= 15 is 0 Å². The van der Waals surface area contributed by atoms with Crippen molar-refractivity contribution in [2.45, 2.75) is 37.6 Å². The molecular formula is C22H31BrN2O6. The molecule has 1 heterocycles. The number of carbonyl (C=O) groups excluding carboxylic acids is 2. The van der Waals surface area contributed by atoms with Gasteiger partial charge in [-0.15, -0.1) is 0 Å². The predicted octanol–water partition coefficient (Wildman–Crippen LogP) is 2.77. The van der Waals surface area contributed by atoms with Crippen LogP contribution in [0.15, 0.2) is 16.6 Å². The third-order valence-electron chi connectivity index (χ3n) is 6.10. The van der Waals surface area contributed by atoms with E-state index in [-0.39, 0.29) is 23.6 Å². The molecule has 1 saturated heterocycles. The van der Waals surface area contributed by atoms with Crippen molar-refractivity contribution in [3.63, 3.8) is 0 Å². The highest BCUT2D eigenvalue weighted by Crippen LogP contribution is 2.36. The van der Waals surface area contributed by atoms with Crippen LogP contribution in [0.25, 0.3) is 0 Å². The summed E-state index contributed by atoms with van der Waals surface area (Å²) in [5, 5.41) is 3.00. The van der Waals surface area contributed by atoms with Gasteiger partial charge in [-0.1, -0.05) is 19.3 Å². The van der Waals surface area contributed by atoms with Crippen molar-refractivity contribution >= 4 is 27.8 Å². The van der Waals surface area contributed by atoms with Gasteiger partial charge >= 0.3 is 5.97 Å². The monoisotopic (exact) mass is 498 g/mol. The number of halogens is 1. The summed E-state index contributed by atoms with van der Waals surface area (Å²) in [5.74, 6) is -0.0246. The molecule has 1 saturated carbocycles. The normalized spacial score (nSPS) is 18.8. The number of morpholine rings is 1. The van der Waals surface area contributed by atoms with Crippen molar-refractivity contribution in [1.29, 1.82) is 0 Å². The molecule has 31 heavy (non-hydrogen) atoms. The Morgan fingerprint density at radius 2 is 1.71 bits per heavy atom. The second-order valence-corrected chi connectivity index (χ2v) is 8.73. The molecule has 1 aliphatic carbocycles. The van der Waals surface area contributed by atoms with Crippen LogP contribution < -0.4 is 14.8 Å². The minimum absolute atomic E-state index is 0.0336. The van der Waals surface area contributed by atoms with E-state index in [0.29, 0.717) is 22.5 Å². The fraction of sp³-hybridized carbons (Fsp3) is 0.636. The summed E-state index contributed by atoms with van der Waals surface area (Å²) >= 11 is 3.37. The minimum Gasteiger partial charge on any atom is -0.495 e. The van der Waals surface area contributed by atoms with Gasteiger partial charge in [0, 0.05) is 25.2 Å². The highest BCUT2D eigenvalue weighted by molar-refractivity contribution is 9.10. The largest absolute Gasteiger partial charge is 0.495 e.